The molecule has 21 heavy (non-hydrogen) atoms. The van der Waals surface area contributed by atoms with Crippen LogP contribution in [0.3, 0.4) is 0 Å². The minimum atomic E-state index is -3.50. The zero-order valence-electron chi connectivity index (χ0n) is 12.9. The van der Waals surface area contributed by atoms with Crippen LogP contribution in [-0.2, 0) is 10.0 Å². The van der Waals surface area contributed by atoms with E-state index in [0.717, 1.165) is 13.0 Å². The van der Waals surface area contributed by atoms with Crippen molar-refractivity contribution >= 4 is 15.7 Å². The van der Waals surface area contributed by atoms with Crippen molar-refractivity contribution in [3.8, 4) is 0 Å². The molecule has 1 unspecified atom stereocenters. The van der Waals surface area contributed by atoms with Gasteiger partial charge >= 0.3 is 0 Å². The van der Waals surface area contributed by atoms with Crippen molar-refractivity contribution in [2.24, 2.45) is 0 Å². The molecule has 1 saturated heterocycles. The highest BCUT2D eigenvalue weighted by molar-refractivity contribution is 7.89. The van der Waals surface area contributed by atoms with Crippen LogP contribution in [0.15, 0.2) is 23.4 Å². The van der Waals surface area contributed by atoms with Gasteiger partial charge in [0.1, 0.15) is 4.90 Å². The van der Waals surface area contributed by atoms with Crippen LogP contribution in [0.4, 0.5) is 5.69 Å². The molecule has 0 aromatic carbocycles. The fraction of sp³-hybridized carbons (Fsp3) is 0.643. The Labute approximate surface area is 127 Å². The van der Waals surface area contributed by atoms with Crippen molar-refractivity contribution in [3.63, 3.8) is 0 Å². The Bertz CT molecular complexity index is 576. The number of nitrogens with one attached hydrogen (secondary N) is 1. The fourth-order valence-corrected chi connectivity index (χ4v) is 4.22. The zero-order chi connectivity index (χ0) is 15.5. The van der Waals surface area contributed by atoms with Gasteiger partial charge in [-0.25, -0.2) is 8.42 Å². The molecule has 0 radical (unpaired) electrons. The summed E-state index contributed by atoms with van der Waals surface area (Å²) in [5, 5.41) is 3.10. The lowest BCUT2D eigenvalue weighted by Crippen LogP contribution is -2.52. The molecule has 0 saturated carbocycles. The second kappa shape index (κ2) is 6.72. The highest BCUT2D eigenvalue weighted by atomic mass is 32.2. The first-order chi connectivity index (χ1) is 10.0. The third kappa shape index (κ3) is 3.36. The van der Waals surface area contributed by atoms with Crippen LogP contribution in [0, 0.1) is 0 Å². The van der Waals surface area contributed by atoms with Gasteiger partial charge < -0.3 is 10.2 Å². The Kier molecular flexibility index (Phi) is 5.18. The number of rotatable bonds is 5. The predicted octanol–water partition coefficient (Wildman–Crippen LogP) is 1.23. The molecule has 118 valence electrons. The van der Waals surface area contributed by atoms with Crippen LogP contribution in [0.25, 0.3) is 0 Å². The number of aromatic nitrogens is 1. The number of hydrogen-bond acceptors (Lipinski definition) is 5. The Balaban J connectivity index is 2.30. The predicted molar refractivity (Wildman–Crippen MR) is 83.9 cm³/mol. The number of sulfonamides is 1. The Morgan fingerprint density at radius 1 is 1.38 bits per heavy atom. The summed E-state index contributed by atoms with van der Waals surface area (Å²) in [5.74, 6) is 0. The maximum absolute atomic E-state index is 12.9. The maximum atomic E-state index is 12.9. The lowest BCUT2D eigenvalue weighted by atomic mass is 10.1. The third-order valence-electron chi connectivity index (χ3n) is 3.98. The van der Waals surface area contributed by atoms with E-state index in [1.165, 1.54) is 6.20 Å². The maximum Gasteiger partial charge on any atom is 0.246 e. The van der Waals surface area contributed by atoms with E-state index in [1.807, 2.05) is 14.0 Å². The van der Waals surface area contributed by atoms with Crippen molar-refractivity contribution in [2.75, 3.05) is 38.5 Å². The van der Waals surface area contributed by atoms with Gasteiger partial charge in [-0.05, 0) is 26.5 Å². The number of pyridine rings is 1. The molecule has 1 N–H and O–H groups in total. The molecule has 0 spiro atoms. The normalized spacial score (nSPS) is 21.4. The second-order valence-corrected chi connectivity index (χ2v) is 7.21. The monoisotopic (exact) mass is 312 g/mol. The molecular formula is C14H24N4O2S. The summed E-state index contributed by atoms with van der Waals surface area (Å²) in [6, 6.07) is 1.98. The number of piperazine rings is 1. The average Bonchev–Trinajstić information content (AvgIpc) is 2.48. The Morgan fingerprint density at radius 3 is 2.81 bits per heavy atom. The van der Waals surface area contributed by atoms with Gasteiger partial charge in [-0.3, -0.25) is 4.98 Å². The summed E-state index contributed by atoms with van der Waals surface area (Å²) < 4.78 is 27.3. The molecule has 7 heteroatoms. The fourth-order valence-electron chi connectivity index (χ4n) is 2.64. The van der Waals surface area contributed by atoms with Crippen LogP contribution in [0.1, 0.15) is 20.3 Å². The van der Waals surface area contributed by atoms with E-state index in [0.29, 0.717) is 25.3 Å². The second-order valence-electron chi connectivity index (χ2n) is 5.31. The summed E-state index contributed by atoms with van der Waals surface area (Å²) in [4.78, 5) is 6.48. The van der Waals surface area contributed by atoms with Gasteiger partial charge in [-0.1, -0.05) is 6.92 Å². The van der Waals surface area contributed by atoms with E-state index in [-0.39, 0.29) is 10.9 Å². The minimum absolute atomic E-state index is 0.270. The van der Waals surface area contributed by atoms with E-state index in [9.17, 15) is 8.42 Å². The molecule has 1 aliphatic rings. The first-order valence-corrected chi connectivity index (χ1v) is 8.83. The summed E-state index contributed by atoms with van der Waals surface area (Å²) in [6.45, 7) is 6.53. The lowest BCUT2D eigenvalue weighted by molar-refractivity contribution is 0.144. The molecule has 0 aliphatic carbocycles. The van der Waals surface area contributed by atoms with E-state index >= 15 is 0 Å². The first kappa shape index (κ1) is 16.2. The molecule has 0 amide bonds. The van der Waals surface area contributed by atoms with Crippen molar-refractivity contribution < 1.29 is 8.42 Å². The Morgan fingerprint density at radius 2 is 2.14 bits per heavy atom. The van der Waals surface area contributed by atoms with Crippen molar-refractivity contribution in [1.82, 2.24) is 14.2 Å². The highest BCUT2D eigenvalue weighted by Crippen LogP contribution is 2.25. The smallest absolute Gasteiger partial charge is 0.246 e. The van der Waals surface area contributed by atoms with Gasteiger partial charge in [0.2, 0.25) is 10.0 Å². The molecule has 1 atom stereocenters. The topological polar surface area (TPSA) is 65.5 Å². The number of hydrogen-bond donors (Lipinski definition) is 1. The molecule has 0 bridgehead atoms. The summed E-state index contributed by atoms with van der Waals surface area (Å²) in [7, 11) is -1.45. The zero-order valence-corrected chi connectivity index (χ0v) is 13.7. The van der Waals surface area contributed by atoms with E-state index < -0.39 is 10.0 Å². The number of nitrogens with zero attached hydrogens (tertiary/aromatic N) is 3. The molecule has 1 fully saturated rings. The van der Waals surface area contributed by atoms with E-state index in [1.54, 1.807) is 16.6 Å². The first-order valence-electron chi connectivity index (χ1n) is 7.39. The van der Waals surface area contributed by atoms with E-state index in [2.05, 4.69) is 22.1 Å². The number of anilines is 1. The SMILES string of the molecule is CCNc1ccncc1S(=O)(=O)N1CCN(C)C(CC)C1. The lowest BCUT2D eigenvalue weighted by Gasteiger charge is -2.38. The summed E-state index contributed by atoms with van der Waals surface area (Å²) in [6.07, 6.45) is 3.98. The van der Waals surface area contributed by atoms with Gasteiger partial charge in [0.25, 0.3) is 0 Å². The van der Waals surface area contributed by atoms with Crippen molar-refractivity contribution in [2.45, 2.75) is 31.2 Å². The quantitative estimate of drug-likeness (QED) is 0.886. The minimum Gasteiger partial charge on any atom is -0.384 e. The molecular weight excluding hydrogens is 288 g/mol. The third-order valence-corrected chi connectivity index (χ3v) is 5.87. The largest absolute Gasteiger partial charge is 0.384 e. The highest BCUT2D eigenvalue weighted by Gasteiger charge is 2.33. The van der Waals surface area contributed by atoms with Gasteiger partial charge in [-0.15, -0.1) is 0 Å². The van der Waals surface area contributed by atoms with Crippen molar-refractivity contribution in [1.29, 1.82) is 0 Å². The Hall–Kier alpha value is -1.18. The van der Waals surface area contributed by atoms with Crippen LogP contribution in [-0.4, -0.2) is 61.9 Å². The van der Waals surface area contributed by atoms with Gasteiger partial charge in [0, 0.05) is 44.6 Å². The molecule has 6 nitrogen and oxygen atoms in total. The molecule has 2 heterocycles. The van der Waals surface area contributed by atoms with Crippen LogP contribution < -0.4 is 5.32 Å². The molecule has 1 aromatic rings. The molecule has 1 aromatic heterocycles. The van der Waals surface area contributed by atoms with Crippen LogP contribution in [0.5, 0.6) is 0 Å². The molecule has 2 rings (SSSR count). The van der Waals surface area contributed by atoms with Gasteiger partial charge in [0.05, 0.1) is 5.69 Å². The van der Waals surface area contributed by atoms with E-state index in [4.69, 9.17) is 0 Å². The standard InChI is InChI=1S/C14H24N4O2S/c1-4-12-11-18(9-8-17(12)3)21(19,20)14-10-15-7-6-13(14)16-5-2/h6-7,10,12H,4-5,8-9,11H2,1-3H3,(H,15,16). The van der Waals surface area contributed by atoms with Gasteiger partial charge in [-0.2, -0.15) is 4.31 Å². The van der Waals surface area contributed by atoms with Gasteiger partial charge in [0.15, 0.2) is 0 Å². The van der Waals surface area contributed by atoms with Crippen LogP contribution >= 0.6 is 0 Å². The number of likely N-dealkylation sites (N-methyl/N-ethyl adjacent to an activating group) is 1. The average molecular weight is 312 g/mol. The summed E-state index contributed by atoms with van der Waals surface area (Å²) >= 11 is 0. The van der Waals surface area contributed by atoms with Crippen molar-refractivity contribution in [3.05, 3.63) is 18.5 Å². The molecule has 1 aliphatic heterocycles. The van der Waals surface area contributed by atoms with Crippen LogP contribution in [0.2, 0.25) is 0 Å². The summed E-state index contributed by atoms with van der Waals surface area (Å²) in [5.41, 5.74) is 0.625.